The molecule has 0 saturated carbocycles. The summed E-state index contributed by atoms with van der Waals surface area (Å²) in [5.41, 5.74) is 0. The van der Waals surface area contributed by atoms with Gasteiger partial charge in [-0.05, 0) is 15.9 Å². The Labute approximate surface area is 66.0 Å². The summed E-state index contributed by atoms with van der Waals surface area (Å²) in [6.07, 6.45) is 1.78. The van der Waals surface area contributed by atoms with Crippen molar-refractivity contribution in [2.75, 3.05) is 7.11 Å². The molecule has 1 rings (SSSR count). The Morgan fingerprint density at radius 1 is 1.89 bits per heavy atom. The number of ether oxygens (including phenoxy) is 1. The number of thiazole rings is 1. The molecule has 0 aliphatic carbocycles. The van der Waals surface area contributed by atoms with Crippen LogP contribution < -0.4 is 0 Å². The fourth-order valence-electron chi connectivity index (χ4n) is 0.478. The van der Waals surface area contributed by atoms with Crippen LogP contribution in [0.25, 0.3) is 0 Å². The third kappa shape index (κ3) is 2.04. The van der Waals surface area contributed by atoms with E-state index in [0.29, 0.717) is 6.61 Å². The second-order valence-corrected chi connectivity index (χ2v) is 3.99. The maximum Gasteiger partial charge on any atom is 0.119 e. The van der Waals surface area contributed by atoms with Gasteiger partial charge in [0, 0.05) is 7.11 Å². The Bertz CT molecular complexity index is 189. The Morgan fingerprint density at radius 2 is 2.67 bits per heavy atom. The van der Waals surface area contributed by atoms with Crippen molar-refractivity contribution in [1.29, 1.82) is 0 Å². The molecule has 1 heterocycles. The minimum atomic E-state index is 0.607. The highest BCUT2D eigenvalue weighted by Crippen LogP contribution is 2.18. The van der Waals surface area contributed by atoms with Crippen molar-refractivity contribution in [3.05, 3.63) is 15.0 Å². The Morgan fingerprint density at radius 3 is 3.11 bits per heavy atom. The molecule has 0 radical (unpaired) electrons. The van der Waals surface area contributed by atoms with Crippen LogP contribution in [0.2, 0.25) is 0 Å². The molecule has 9 heavy (non-hydrogen) atoms. The molecule has 0 amide bonds. The summed E-state index contributed by atoms with van der Waals surface area (Å²) >= 11 is 4.90. The second-order valence-electron chi connectivity index (χ2n) is 1.49. The lowest BCUT2D eigenvalue weighted by Gasteiger charge is -1.87. The zero-order valence-electron chi connectivity index (χ0n) is 4.93. The average molecular weight is 208 g/mol. The van der Waals surface area contributed by atoms with Crippen molar-refractivity contribution >= 4 is 27.3 Å². The number of hydrogen-bond donors (Lipinski definition) is 0. The van der Waals surface area contributed by atoms with E-state index >= 15 is 0 Å². The van der Waals surface area contributed by atoms with E-state index < -0.39 is 0 Å². The summed E-state index contributed by atoms with van der Waals surface area (Å²) in [6.45, 7) is 0.607. The van der Waals surface area contributed by atoms with Crippen LogP contribution in [0, 0.1) is 0 Å². The van der Waals surface area contributed by atoms with Gasteiger partial charge in [0.2, 0.25) is 0 Å². The predicted octanol–water partition coefficient (Wildman–Crippen LogP) is 2.05. The van der Waals surface area contributed by atoms with Crippen molar-refractivity contribution in [2.45, 2.75) is 6.61 Å². The fraction of sp³-hybridized carbons (Fsp3) is 0.400. The molecule has 0 atom stereocenters. The third-order valence-electron chi connectivity index (χ3n) is 0.793. The molecular weight excluding hydrogens is 202 g/mol. The predicted molar refractivity (Wildman–Crippen MR) is 40.5 cm³/mol. The number of aromatic nitrogens is 1. The van der Waals surface area contributed by atoms with Crippen molar-refractivity contribution < 1.29 is 4.74 Å². The standard InChI is InChI=1S/C5H6BrNOS/c1-8-3-5-7-2-4(6)9-5/h2H,3H2,1H3. The van der Waals surface area contributed by atoms with E-state index in [1.165, 1.54) is 0 Å². The summed E-state index contributed by atoms with van der Waals surface area (Å²) < 4.78 is 5.92. The quantitative estimate of drug-likeness (QED) is 0.741. The van der Waals surface area contributed by atoms with Gasteiger partial charge in [0.1, 0.15) is 5.01 Å². The molecule has 0 unspecified atom stereocenters. The van der Waals surface area contributed by atoms with Crippen molar-refractivity contribution in [3.8, 4) is 0 Å². The molecule has 0 fully saturated rings. The maximum absolute atomic E-state index is 4.87. The maximum atomic E-state index is 4.87. The van der Waals surface area contributed by atoms with Gasteiger partial charge in [0.05, 0.1) is 16.6 Å². The molecule has 0 aliphatic rings. The van der Waals surface area contributed by atoms with E-state index in [9.17, 15) is 0 Å². The molecule has 50 valence electrons. The van der Waals surface area contributed by atoms with E-state index in [1.807, 2.05) is 0 Å². The molecule has 0 bridgehead atoms. The molecular formula is C5H6BrNOS. The van der Waals surface area contributed by atoms with Crippen LogP contribution in [-0.2, 0) is 11.3 Å². The van der Waals surface area contributed by atoms with Crippen LogP contribution in [0.1, 0.15) is 5.01 Å². The summed E-state index contributed by atoms with van der Waals surface area (Å²) in [4.78, 5) is 4.05. The fourth-order valence-corrected chi connectivity index (χ4v) is 1.75. The first-order chi connectivity index (χ1) is 4.33. The van der Waals surface area contributed by atoms with Crippen LogP contribution in [-0.4, -0.2) is 12.1 Å². The SMILES string of the molecule is COCc1ncc(Br)s1. The van der Waals surface area contributed by atoms with Gasteiger partial charge >= 0.3 is 0 Å². The zero-order chi connectivity index (χ0) is 6.69. The van der Waals surface area contributed by atoms with Gasteiger partial charge in [-0.3, -0.25) is 0 Å². The molecule has 0 N–H and O–H groups in total. The third-order valence-corrected chi connectivity index (χ3v) is 2.24. The van der Waals surface area contributed by atoms with Gasteiger partial charge in [0.15, 0.2) is 0 Å². The smallest absolute Gasteiger partial charge is 0.119 e. The van der Waals surface area contributed by atoms with E-state index in [4.69, 9.17) is 4.74 Å². The lowest BCUT2D eigenvalue weighted by molar-refractivity contribution is 0.184. The zero-order valence-corrected chi connectivity index (χ0v) is 7.33. The lowest BCUT2D eigenvalue weighted by Crippen LogP contribution is -1.82. The molecule has 0 aliphatic heterocycles. The summed E-state index contributed by atoms with van der Waals surface area (Å²) in [6, 6.07) is 0. The molecule has 0 aromatic carbocycles. The van der Waals surface area contributed by atoms with E-state index in [2.05, 4.69) is 20.9 Å². The van der Waals surface area contributed by atoms with Crippen LogP contribution >= 0.6 is 27.3 Å². The summed E-state index contributed by atoms with van der Waals surface area (Å²) in [5, 5.41) is 1.00. The molecule has 2 nitrogen and oxygen atoms in total. The highest BCUT2D eigenvalue weighted by molar-refractivity contribution is 9.11. The van der Waals surface area contributed by atoms with Crippen LogP contribution in [0.15, 0.2) is 9.98 Å². The van der Waals surface area contributed by atoms with Gasteiger partial charge < -0.3 is 4.74 Å². The minimum absolute atomic E-state index is 0.607. The molecule has 0 saturated heterocycles. The van der Waals surface area contributed by atoms with Crippen LogP contribution in [0.3, 0.4) is 0 Å². The highest BCUT2D eigenvalue weighted by Gasteiger charge is 1.95. The van der Waals surface area contributed by atoms with Crippen LogP contribution in [0.4, 0.5) is 0 Å². The lowest BCUT2D eigenvalue weighted by atomic mass is 10.7. The Kier molecular flexibility index (Phi) is 2.63. The van der Waals surface area contributed by atoms with Crippen LogP contribution in [0.5, 0.6) is 0 Å². The number of nitrogens with zero attached hydrogens (tertiary/aromatic N) is 1. The van der Waals surface area contributed by atoms with Crippen molar-refractivity contribution in [2.24, 2.45) is 0 Å². The summed E-state index contributed by atoms with van der Waals surface area (Å²) in [7, 11) is 1.66. The number of rotatable bonds is 2. The molecule has 1 aromatic rings. The van der Waals surface area contributed by atoms with E-state index in [0.717, 1.165) is 8.79 Å². The first-order valence-electron chi connectivity index (χ1n) is 2.42. The Balaban J connectivity index is 2.61. The summed E-state index contributed by atoms with van der Waals surface area (Å²) in [5.74, 6) is 0. The largest absolute Gasteiger partial charge is 0.378 e. The molecule has 1 aromatic heterocycles. The first kappa shape index (κ1) is 7.18. The van der Waals surface area contributed by atoms with Gasteiger partial charge in [-0.25, -0.2) is 4.98 Å². The van der Waals surface area contributed by atoms with Gasteiger partial charge in [0.25, 0.3) is 0 Å². The van der Waals surface area contributed by atoms with E-state index in [1.54, 1.807) is 24.6 Å². The topological polar surface area (TPSA) is 22.1 Å². The van der Waals surface area contributed by atoms with Crippen molar-refractivity contribution in [3.63, 3.8) is 0 Å². The highest BCUT2D eigenvalue weighted by atomic mass is 79.9. The normalized spacial score (nSPS) is 10.0. The molecule has 4 heteroatoms. The van der Waals surface area contributed by atoms with E-state index in [-0.39, 0.29) is 0 Å². The van der Waals surface area contributed by atoms with Gasteiger partial charge in [-0.1, -0.05) is 0 Å². The second kappa shape index (κ2) is 3.29. The van der Waals surface area contributed by atoms with Gasteiger partial charge in [-0.15, -0.1) is 11.3 Å². The first-order valence-corrected chi connectivity index (χ1v) is 4.03. The average Bonchev–Trinajstić information content (AvgIpc) is 2.17. The number of hydrogen-bond acceptors (Lipinski definition) is 3. The Hall–Kier alpha value is 0.0700. The van der Waals surface area contributed by atoms with Crippen molar-refractivity contribution in [1.82, 2.24) is 4.98 Å². The van der Waals surface area contributed by atoms with Gasteiger partial charge in [-0.2, -0.15) is 0 Å². The number of halogens is 1. The molecule has 0 spiro atoms. The monoisotopic (exact) mass is 207 g/mol. The minimum Gasteiger partial charge on any atom is -0.378 e. The number of methoxy groups -OCH3 is 1.